The Morgan fingerprint density at radius 1 is 1.18 bits per heavy atom. The van der Waals surface area contributed by atoms with Crippen LogP contribution in [-0.4, -0.2) is 61.6 Å². The molecule has 0 bridgehead atoms. The largest absolute Gasteiger partial charge is 0.463 e. The van der Waals surface area contributed by atoms with E-state index >= 15 is 0 Å². The van der Waals surface area contributed by atoms with E-state index in [1.165, 1.54) is 70.9 Å². The van der Waals surface area contributed by atoms with Gasteiger partial charge in [-0.05, 0) is 126 Å². The molecule has 0 radical (unpaired) electrons. The molecule has 192 valence electrons. The van der Waals surface area contributed by atoms with Gasteiger partial charge in [-0.15, -0.1) is 0 Å². The van der Waals surface area contributed by atoms with Crippen molar-refractivity contribution >= 4 is 5.97 Å². The molecule has 1 heterocycles. The van der Waals surface area contributed by atoms with Crippen LogP contribution >= 0.6 is 0 Å². The SMILES string of the molecule is CC(=O)OC(C)[C@H]1[C@H](CN(C)C)C[C@H]2[C@@H]3CC=C4C[C@@H](N5CCCC5)CC[C@]4(C)[C@H]3CC[C@@]21C. The molecule has 0 amide bonds. The lowest BCUT2D eigenvalue weighted by Gasteiger charge is -2.59. The average Bonchev–Trinajstić information content (AvgIpc) is 3.38. The first-order chi connectivity index (χ1) is 16.1. The quantitative estimate of drug-likeness (QED) is 0.377. The first-order valence-electron chi connectivity index (χ1n) is 14.4. The Labute approximate surface area is 208 Å². The van der Waals surface area contributed by atoms with Crippen LogP contribution in [0, 0.1) is 40.4 Å². The number of likely N-dealkylation sites (tertiary alicyclic amines) is 1. The maximum Gasteiger partial charge on any atom is 0.302 e. The van der Waals surface area contributed by atoms with Gasteiger partial charge in [-0.1, -0.05) is 25.5 Å². The van der Waals surface area contributed by atoms with Gasteiger partial charge < -0.3 is 14.5 Å². The smallest absolute Gasteiger partial charge is 0.302 e. The normalized spacial score (nSPS) is 45.3. The van der Waals surface area contributed by atoms with Crippen LogP contribution in [0.25, 0.3) is 0 Å². The molecule has 1 unspecified atom stereocenters. The second kappa shape index (κ2) is 9.21. The minimum Gasteiger partial charge on any atom is -0.463 e. The topological polar surface area (TPSA) is 32.8 Å². The summed E-state index contributed by atoms with van der Waals surface area (Å²) < 4.78 is 5.89. The number of hydrogen-bond donors (Lipinski definition) is 0. The third-order valence-electron chi connectivity index (χ3n) is 11.5. The van der Waals surface area contributed by atoms with Gasteiger partial charge in [-0.25, -0.2) is 0 Å². The first-order valence-corrected chi connectivity index (χ1v) is 14.4. The molecule has 0 aromatic heterocycles. The molecule has 3 saturated carbocycles. The maximum atomic E-state index is 11.9. The second-order valence-electron chi connectivity index (χ2n) is 13.5. The van der Waals surface area contributed by atoms with E-state index < -0.39 is 0 Å². The lowest BCUT2D eigenvalue weighted by atomic mass is 9.47. The molecule has 1 saturated heterocycles. The van der Waals surface area contributed by atoms with Gasteiger partial charge in [-0.2, -0.15) is 0 Å². The van der Waals surface area contributed by atoms with Gasteiger partial charge in [0.15, 0.2) is 0 Å². The van der Waals surface area contributed by atoms with E-state index in [-0.39, 0.29) is 17.5 Å². The van der Waals surface area contributed by atoms with E-state index in [1.54, 1.807) is 6.92 Å². The zero-order chi connectivity index (χ0) is 24.3. The van der Waals surface area contributed by atoms with Gasteiger partial charge in [0, 0.05) is 25.4 Å². The standard InChI is InChI=1S/C30H50N2O2/c1-20(34-21(2)33)28-22(19-31(5)6)17-27-25-10-9-23-18-24(32-15-7-8-16-32)11-13-29(23,3)26(25)12-14-30(27,28)4/h9,20,22,24-28H,7-8,10-19H2,1-6H3/t20?,22-,24-,25+,26-,27-,28-,29-,30-/m0/s1. The molecule has 0 spiro atoms. The molecule has 0 aromatic carbocycles. The summed E-state index contributed by atoms with van der Waals surface area (Å²) in [6.45, 7) is 12.7. The molecule has 4 aliphatic carbocycles. The highest BCUT2D eigenvalue weighted by molar-refractivity contribution is 5.66. The van der Waals surface area contributed by atoms with Crippen molar-refractivity contribution in [2.45, 2.75) is 97.6 Å². The molecule has 0 aromatic rings. The third kappa shape index (κ3) is 4.09. The van der Waals surface area contributed by atoms with E-state index in [9.17, 15) is 4.79 Å². The van der Waals surface area contributed by atoms with Crippen molar-refractivity contribution in [1.29, 1.82) is 0 Å². The lowest BCUT2D eigenvalue weighted by Crippen LogP contribution is -2.52. The van der Waals surface area contributed by atoms with Crippen LogP contribution in [0.4, 0.5) is 0 Å². The van der Waals surface area contributed by atoms with Crippen molar-refractivity contribution in [3.05, 3.63) is 11.6 Å². The fraction of sp³-hybridized carbons (Fsp3) is 0.900. The average molecular weight is 471 g/mol. The number of hydrogen-bond acceptors (Lipinski definition) is 4. The van der Waals surface area contributed by atoms with E-state index in [4.69, 9.17) is 4.74 Å². The summed E-state index contributed by atoms with van der Waals surface area (Å²) in [5.41, 5.74) is 2.51. The van der Waals surface area contributed by atoms with Crippen LogP contribution < -0.4 is 0 Å². The van der Waals surface area contributed by atoms with E-state index in [2.05, 4.69) is 50.7 Å². The van der Waals surface area contributed by atoms with Crippen molar-refractivity contribution in [3.63, 3.8) is 0 Å². The Hall–Kier alpha value is -0.870. The van der Waals surface area contributed by atoms with Crippen molar-refractivity contribution in [2.75, 3.05) is 33.7 Å². The van der Waals surface area contributed by atoms with Crippen LogP contribution in [-0.2, 0) is 9.53 Å². The highest BCUT2D eigenvalue weighted by Crippen LogP contribution is 2.68. The first kappa shape index (κ1) is 24.8. The summed E-state index contributed by atoms with van der Waals surface area (Å²) >= 11 is 0. The minimum absolute atomic E-state index is 0.00943. The Balaban J connectivity index is 1.40. The van der Waals surface area contributed by atoms with Crippen molar-refractivity contribution in [1.82, 2.24) is 9.80 Å². The predicted octanol–water partition coefficient (Wildman–Crippen LogP) is 5.77. The van der Waals surface area contributed by atoms with E-state index in [0.29, 0.717) is 17.3 Å². The molecule has 0 N–H and O–H groups in total. The zero-order valence-electron chi connectivity index (χ0n) is 22.8. The molecule has 9 atom stereocenters. The summed E-state index contributed by atoms with van der Waals surface area (Å²) in [5, 5.41) is 0. The third-order valence-corrected chi connectivity index (χ3v) is 11.5. The van der Waals surface area contributed by atoms with E-state index in [0.717, 1.165) is 30.3 Å². The van der Waals surface area contributed by atoms with E-state index in [1.807, 2.05) is 5.57 Å². The highest BCUT2D eigenvalue weighted by atomic mass is 16.5. The number of esters is 1. The van der Waals surface area contributed by atoms with Gasteiger partial charge in [0.1, 0.15) is 6.10 Å². The molecule has 4 fully saturated rings. The van der Waals surface area contributed by atoms with Gasteiger partial charge in [-0.3, -0.25) is 4.79 Å². The summed E-state index contributed by atoms with van der Waals surface area (Å²) in [6.07, 6.45) is 14.9. The van der Waals surface area contributed by atoms with Crippen LogP contribution in [0.15, 0.2) is 11.6 Å². The number of ether oxygens (including phenoxy) is 1. The molecule has 4 heteroatoms. The van der Waals surface area contributed by atoms with Gasteiger partial charge >= 0.3 is 5.97 Å². The number of nitrogens with zero attached hydrogens (tertiary/aromatic N) is 2. The predicted molar refractivity (Wildman–Crippen MR) is 138 cm³/mol. The van der Waals surface area contributed by atoms with Gasteiger partial charge in [0.2, 0.25) is 0 Å². The highest BCUT2D eigenvalue weighted by Gasteiger charge is 2.62. The Kier molecular flexibility index (Phi) is 6.72. The maximum absolute atomic E-state index is 11.9. The summed E-state index contributed by atoms with van der Waals surface area (Å²) in [5.74, 6) is 3.36. The number of fused-ring (bicyclic) bond motifs is 5. The Morgan fingerprint density at radius 2 is 1.91 bits per heavy atom. The summed E-state index contributed by atoms with van der Waals surface area (Å²) in [6, 6.07) is 0.803. The number of carbonyl (C=O) groups excluding carboxylic acids is 1. The molecule has 1 aliphatic heterocycles. The fourth-order valence-corrected chi connectivity index (χ4v) is 10.2. The zero-order valence-corrected chi connectivity index (χ0v) is 22.8. The number of rotatable bonds is 5. The number of carbonyl (C=O) groups is 1. The van der Waals surface area contributed by atoms with Crippen molar-refractivity contribution < 1.29 is 9.53 Å². The van der Waals surface area contributed by atoms with Gasteiger partial charge in [0.25, 0.3) is 0 Å². The second-order valence-corrected chi connectivity index (χ2v) is 13.5. The summed E-state index contributed by atoms with van der Waals surface area (Å²) in [7, 11) is 4.41. The van der Waals surface area contributed by atoms with Crippen LogP contribution in [0.1, 0.15) is 85.5 Å². The molecule has 34 heavy (non-hydrogen) atoms. The van der Waals surface area contributed by atoms with Crippen LogP contribution in [0.3, 0.4) is 0 Å². The number of allylic oxidation sites excluding steroid dienone is 1. The molecule has 5 rings (SSSR count). The van der Waals surface area contributed by atoms with Crippen LogP contribution in [0.2, 0.25) is 0 Å². The molecule has 4 nitrogen and oxygen atoms in total. The summed E-state index contributed by atoms with van der Waals surface area (Å²) in [4.78, 5) is 17.1. The Morgan fingerprint density at radius 3 is 2.59 bits per heavy atom. The monoisotopic (exact) mass is 470 g/mol. The molecular weight excluding hydrogens is 420 g/mol. The fourth-order valence-electron chi connectivity index (χ4n) is 10.2. The van der Waals surface area contributed by atoms with Crippen LogP contribution in [0.5, 0.6) is 0 Å². The van der Waals surface area contributed by atoms with Crippen molar-refractivity contribution in [2.24, 2.45) is 40.4 Å². The Bertz CT molecular complexity index is 802. The molecule has 5 aliphatic rings. The lowest BCUT2D eigenvalue weighted by molar-refractivity contribution is -0.153. The van der Waals surface area contributed by atoms with Gasteiger partial charge in [0.05, 0.1) is 0 Å². The minimum atomic E-state index is -0.121. The van der Waals surface area contributed by atoms with Crippen molar-refractivity contribution in [3.8, 4) is 0 Å². The molecular formula is C30H50N2O2.